The second-order valence-corrected chi connectivity index (χ2v) is 4.86. The van der Waals surface area contributed by atoms with Crippen molar-refractivity contribution in [2.24, 2.45) is 0 Å². The van der Waals surface area contributed by atoms with Crippen molar-refractivity contribution in [3.63, 3.8) is 0 Å². The van der Waals surface area contributed by atoms with Crippen LogP contribution in [0.5, 0.6) is 0 Å². The largest absolute Gasteiger partial charge is 0.465 e. The molecule has 0 aliphatic rings. The molecule has 0 bridgehead atoms. The number of benzene rings is 2. The van der Waals surface area contributed by atoms with Gasteiger partial charge < -0.3 is 15.5 Å². The monoisotopic (exact) mass is 304 g/mol. The summed E-state index contributed by atoms with van der Waals surface area (Å²) in [6, 6.07) is 10.2. The number of nitrogens with one attached hydrogen (secondary N) is 2. The Morgan fingerprint density at radius 2 is 2.05 bits per heavy atom. The number of halogens is 1. The molecule has 0 saturated carbocycles. The van der Waals surface area contributed by atoms with Crippen LogP contribution < -0.4 is 10.6 Å². The molecule has 2 aromatic rings. The number of aryl methyl sites for hydroxylation is 1. The third-order valence-electron chi connectivity index (χ3n) is 3.30. The Hall–Kier alpha value is -2.60. The summed E-state index contributed by atoms with van der Waals surface area (Å²) in [7, 11) is 0. The summed E-state index contributed by atoms with van der Waals surface area (Å²) in [6.45, 7) is 1.71. The number of amides is 1. The zero-order valence-corrected chi connectivity index (χ0v) is 12.1. The van der Waals surface area contributed by atoms with Gasteiger partial charge in [-0.15, -0.1) is 0 Å². The average molecular weight is 304 g/mol. The molecule has 2 aromatic carbocycles. The van der Waals surface area contributed by atoms with Gasteiger partial charge in [-0.1, -0.05) is 18.2 Å². The van der Waals surface area contributed by atoms with E-state index in [2.05, 4.69) is 10.6 Å². The first-order valence-corrected chi connectivity index (χ1v) is 6.73. The number of aliphatic hydroxyl groups is 1. The first-order chi connectivity index (χ1) is 10.5. The van der Waals surface area contributed by atoms with E-state index in [1.165, 1.54) is 0 Å². The second-order valence-electron chi connectivity index (χ2n) is 4.86. The van der Waals surface area contributed by atoms with Gasteiger partial charge in [0.05, 0.1) is 12.3 Å². The first-order valence-electron chi connectivity index (χ1n) is 6.73. The quantitative estimate of drug-likeness (QED) is 0.683. The van der Waals surface area contributed by atoms with Crippen LogP contribution in [-0.4, -0.2) is 16.3 Å². The number of aliphatic hydroxyl groups excluding tert-OH is 1. The molecule has 0 aliphatic heterocycles. The number of carbonyl (C=O) groups is 1. The summed E-state index contributed by atoms with van der Waals surface area (Å²) in [5.41, 5.74) is 2.51. The van der Waals surface area contributed by atoms with Crippen LogP contribution in [0.3, 0.4) is 0 Å². The highest BCUT2D eigenvalue weighted by atomic mass is 19.1. The molecular weight excluding hydrogens is 287 g/mol. The zero-order chi connectivity index (χ0) is 16.1. The number of hydrogen-bond donors (Lipinski definition) is 4. The summed E-state index contributed by atoms with van der Waals surface area (Å²) in [5, 5.41) is 23.1. The van der Waals surface area contributed by atoms with E-state index in [0.717, 1.165) is 5.56 Å². The fourth-order valence-electron chi connectivity index (χ4n) is 2.13. The van der Waals surface area contributed by atoms with E-state index >= 15 is 0 Å². The van der Waals surface area contributed by atoms with Crippen molar-refractivity contribution in [1.29, 1.82) is 0 Å². The van der Waals surface area contributed by atoms with Crippen molar-refractivity contribution in [3.05, 3.63) is 58.9 Å². The van der Waals surface area contributed by atoms with E-state index < -0.39 is 11.9 Å². The van der Waals surface area contributed by atoms with Crippen LogP contribution in [0.4, 0.5) is 20.6 Å². The van der Waals surface area contributed by atoms with Crippen molar-refractivity contribution in [3.8, 4) is 0 Å². The highest BCUT2D eigenvalue weighted by Crippen LogP contribution is 2.22. The smallest absolute Gasteiger partial charge is 0.409 e. The standard InChI is InChI=1S/C16H17FN2O3/c1-10-5-6-14(15(17)13(10)9-20)18-8-11-3-2-4-12(7-11)19-16(21)22/h2-7,18-20H,8-9H2,1H3,(H,21,22). The molecule has 0 saturated heterocycles. The highest BCUT2D eigenvalue weighted by Gasteiger charge is 2.10. The minimum atomic E-state index is -1.14. The van der Waals surface area contributed by atoms with Gasteiger partial charge >= 0.3 is 6.09 Å². The van der Waals surface area contributed by atoms with Gasteiger partial charge in [0.25, 0.3) is 0 Å². The molecule has 0 fully saturated rings. The fraction of sp³-hybridized carbons (Fsp3) is 0.188. The number of rotatable bonds is 5. The topological polar surface area (TPSA) is 81.6 Å². The van der Waals surface area contributed by atoms with E-state index in [0.29, 0.717) is 23.5 Å². The van der Waals surface area contributed by atoms with Crippen LogP contribution in [0.15, 0.2) is 36.4 Å². The molecule has 22 heavy (non-hydrogen) atoms. The predicted molar refractivity (Wildman–Crippen MR) is 82.5 cm³/mol. The molecule has 1 amide bonds. The van der Waals surface area contributed by atoms with Gasteiger partial charge in [-0.25, -0.2) is 9.18 Å². The molecule has 0 atom stereocenters. The number of carboxylic acid groups (broad SMARTS) is 1. The molecule has 0 aliphatic carbocycles. The molecule has 0 unspecified atom stereocenters. The highest BCUT2D eigenvalue weighted by molar-refractivity contribution is 5.82. The lowest BCUT2D eigenvalue weighted by Crippen LogP contribution is -2.08. The Kier molecular flexibility index (Phi) is 4.95. The Morgan fingerprint density at radius 1 is 1.27 bits per heavy atom. The first kappa shape index (κ1) is 15.8. The Bertz CT molecular complexity index is 689. The fourth-order valence-corrected chi connectivity index (χ4v) is 2.13. The van der Waals surface area contributed by atoms with Gasteiger partial charge in [-0.05, 0) is 36.2 Å². The molecule has 5 nitrogen and oxygen atoms in total. The van der Waals surface area contributed by atoms with E-state index in [4.69, 9.17) is 5.11 Å². The molecular formula is C16H17FN2O3. The molecule has 0 aromatic heterocycles. The van der Waals surface area contributed by atoms with Gasteiger partial charge in [-0.3, -0.25) is 5.32 Å². The van der Waals surface area contributed by atoms with Gasteiger partial charge in [0.15, 0.2) is 5.82 Å². The average Bonchev–Trinajstić information content (AvgIpc) is 2.47. The van der Waals surface area contributed by atoms with Crippen molar-refractivity contribution in [2.45, 2.75) is 20.1 Å². The van der Waals surface area contributed by atoms with Gasteiger partial charge in [-0.2, -0.15) is 0 Å². The van der Waals surface area contributed by atoms with Crippen LogP contribution in [0.1, 0.15) is 16.7 Å². The minimum Gasteiger partial charge on any atom is -0.465 e. The van der Waals surface area contributed by atoms with E-state index in [-0.39, 0.29) is 12.2 Å². The maximum Gasteiger partial charge on any atom is 0.409 e. The maximum atomic E-state index is 14.2. The minimum absolute atomic E-state index is 0.270. The van der Waals surface area contributed by atoms with Crippen molar-refractivity contribution in [1.82, 2.24) is 0 Å². The molecule has 4 N–H and O–H groups in total. The molecule has 116 valence electrons. The molecule has 0 heterocycles. The van der Waals surface area contributed by atoms with Crippen LogP contribution in [0.2, 0.25) is 0 Å². The van der Waals surface area contributed by atoms with Crippen LogP contribution >= 0.6 is 0 Å². The van der Waals surface area contributed by atoms with Gasteiger partial charge in [0.2, 0.25) is 0 Å². The zero-order valence-electron chi connectivity index (χ0n) is 12.1. The molecule has 2 rings (SSSR count). The van der Waals surface area contributed by atoms with E-state index in [9.17, 15) is 14.3 Å². The molecule has 0 radical (unpaired) electrons. The van der Waals surface area contributed by atoms with Crippen LogP contribution in [0.25, 0.3) is 0 Å². The summed E-state index contributed by atoms with van der Waals surface area (Å²) in [5.74, 6) is -0.470. The number of anilines is 2. The Labute approximate surface area is 127 Å². The van der Waals surface area contributed by atoms with E-state index in [1.807, 2.05) is 0 Å². The third-order valence-corrected chi connectivity index (χ3v) is 3.30. The summed E-state index contributed by atoms with van der Waals surface area (Å²) in [4.78, 5) is 10.6. The summed E-state index contributed by atoms with van der Waals surface area (Å²) < 4.78 is 14.2. The Morgan fingerprint density at radius 3 is 2.73 bits per heavy atom. The van der Waals surface area contributed by atoms with Crippen LogP contribution in [-0.2, 0) is 13.2 Å². The third kappa shape index (κ3) is 3.73. The lowest BCUT2D eigenvalue weighted by Gasteiger charge is -2.12. The molecule has 6 heteroatoms. The SMILES string of the molecule is Cc1ccc(NCc2cccc(NC(=O)O)c2)c(F)c1CO. The lowest BCUT2D eigenvalue weighted by molar-refractivity contribution is 0.209. The van der Waals surface area contributed by atoms with Gasteiger partial charge in [0.1, 0.15) is 0 Å². The second kappa shape index (κ2) is 6.91. The predicted octanol–water partition coefficient (Wildman–Crippen LogP) is 3.33. The number of hydrogen-bond acceptors (Lipinski definition) is 3. The van der Waals surface area contributed by atoms with Crippen LogP contribution in [0, 0.1) is 12.7 Å². The lowest BCUT2D eigenvalue weighted by atomic mass is 10.1. The normalized spacial score (nSPS) is 10.3. The van der Waals surface area contributed by atoms with Crippen molar-refractivity contribution < 1.29 is 19.4 Å². The Balaban J connectivity index is 2.12. The van der Waals surface area contributed by atoms with Crippen molar-refractivity contribution in [2.75, 3.05) is 10.6 Å². The van der Waals surface area contributed by atoms with Gasteiger partial charge in [0, 0.05) is 17.8 Å². The maximum absolute atomic E-state index is 14.2. The van der Waals surface area contributed by atoms with Crippen molar-refractivity contribution >= 4 is 17.5 Å². The molecule has 0 spiro atoms. The summed E-state index contributed by atoms with van der Waals surface area (Å²) in [6.07, 6.45) is -1.14. The summed E-state index contributed by atoms with van der Waals surface area (Å²) >= 11 is 0. The van der Waals surface area contributed by atoms with E-state index in [1.54, 1.807) is 43.3 Å².